The van der Waals surface area contributed by atoms with E-state index >= 15 is 0 Å². The molecule has 1 heterocycles. The van der Waals surface area contributed by atoms with Gasteiger partial charge >= 0.3 is 0 Å². The highest BCUT2D eigenvalue weighted by Crippen LogP contribution is 2.24. The lowest BCUT2D eigenvalue weighted by Gasteiger charge is -2.13. The highest BCUT2D eigenvalue weighted by molar-refractivity contribution is 9.10. The van der Waals surface area contributed by atoms with Gasteiger partial charge in [-0.3, -0.25) is 0 Å². The molecule has 2 unspecified atom stereocenters. The van der Waals surface area contributed by atoms with Crippen LogP contribution in [0.5, 0.6) is 0 Å². The van der Waals surface area contributed by atoms with Crippen LogP contribution in [-0.4, -0.2) is 24.3 Å². The van der Waals surface area contributed by atoms with E-state index in [-0.39, 0.29) is 12.0 Å². The highest BCUT2D eigenvalue weighted by atomic mass is 79.9. The van der Waals surface area contributed by atoms with Gasteiger partial charge in [0.25, 0.3) is 0 Å². The number of halogens is 1. The number of nitrogens with one attached hydrogen (secondary N) is 1. The van der Waals surface area contributed by atoms with Gasteiger partial charge in [-0.15, -0.1) is 0 Å². The molecule has 0 radical (unpaired) electrons. The van der Waals surface area contributed by atoms with Gasteiger partial charge in [-0.2, -0.15) is 0 Å². The van der Waals surface area contributed by atoms with Gasteiger partial charge in [-0.1, -0.05) is 28.1 Å². The van der Waals surface area contributed by atoms with Crippen LogP contribution in [-0.2, 0) is 0 Å². The van der Waals surface area contributed by atoms with Crippen molar-refractivity contribution < 1.29 is 5.11 Å². The fourth-order valence-electron chi connectivity index (χ4n) is 1.71. The summed E-state index contributed by atoms with van der Waals surface area (Å²) in [5, 5.41) is 12.8. The molecular formula is C10H12BrNO. The van der Waals surface area contributed by atoms with Crippen LogP contribution in [0.1, 0.15) is 11.5 Å². The molecule has 13 heavy (non-hydrogen) atoms. The van der Waals surface area contributed by atoms with Gasteiger partial charge < -0.3 is 10.4 Å². The Balaban J connectivity index is 2.20. The van der Waals surface area contributed by atoms with Crippen molar-refractivity contribution in [1.29, 1.82) is 0 Å². The summed E-state index contributed by atoms with van der Waals surface area (Å²) in [5.41, 5.74) is 1.21. The third-order valence-corrected chi connectivity index (χ3v) is 3.01. The molecule has 2 nitrogen and oxygen atoms in total. The quantitative estimate of drug-likeness (QED) is 0.782. The van der Waals surface area contributed by atoms with Crippen LogP contribution in [0.15, 0.2) is 28.7 Å². The monoisotopic (exact) mass is 241 g/mol. The first-order valence-corrected chi connectivity index (χ1v) is 5.21. The Morgan fingerprint density at radius 2 is 1.92 bits per heavy atom. The van der Waals surface area contributed by atoms with Crippen LogP contribution < -0.4 is 5.32 Å². The molecule has 0 aliphatic carbocycles. The van der Waals surface area contributed by atoms with Crippen molar-refractivity contribution in [1.82, 2.24) is 5.32 Å². The number of hydrogen-bond acceptors (Lipinski definition) is 2. The third-order valence-electron chi connectivity index (χ3n) is 2.48. The first-order valence-electron chi connectivity index (χ1n) is 4.41. The molecule has 1 aromatic rings. The number of aliphatic hydroxyl groups excluding tert-OH is 1. The van der Waals surface area contributed by atoms with Crippen LogP contribution in [0.25, 0.3) is 0 Å². The first kappa shape index (κ1) is 9.19. The van der Waals surface area contributed by atoms with E-state index in [1.807, 2.05) is 12.1 Å². The second-order valence-electron chi connectivity index (χ2n) is 3.38. The summed E-state index contributed by atoms with van der Waals surface area (Å²) in [4.78, 5) is 0. The van der Waals surface area contributed by atoms with Crippen LogP contribution in [0.3, 0.4) is 0 Å². The van der Waals surface area contributed by atoms with Crippen LogP contribution in [0, 0.1) is 0 Å². The van der Waals surface area contributed by atoms with E-state index in [0.29, 0.717) is 6.54 Å². The van der Waals surface area contributed by atoms with Gasteiger partial charge in [-0.25, -0.2) is 0 Å². The fraction of sp³-hybridized carbons (Fsp3) is 0.400. The van der Waals surface area contributed by atoms with Gasteiger partial charge in [-0.05, 0) is 17.7 Å². The maximum Gasteiger partial charge on any atom is 0.0745 e. The summed E-state index contributed by atoms with van der Waals surface area (Å²) in [5.74, 6) is 0.257. The van der Waals surface area contributed by atoms with Crippen molar-refractivity contribution in [3.63, 3.8) is 0 Å². The molecule has 3 heteroatoms. The Hall–Kier alpha value is -0.380. The lowest BCUT2D eigenvalue weighted by Crippen LogP contribution is -2.15. The molecule has 1 aromatic carbocycles. The maximum absolute atomic E-state index is 9.64. The molecule has 70 valence electrons. The lowest BCUT2D eigenvalue weighted by molar-refractivity contribution is 0.178. The van der Waals surface area contributed by atoms with E-state index < -0.39 is 0 Å². The summed E-state index contributed by atoms with van der Waals surface area (Å²) in [6.45, 7) is 1.59. The molecular weight excluding hydrogens is 230 g/mol. The zero-order valence-corrected chi connectivity index (χ0v) is 8.79. The first-order chi connectivity index (χ1) is 6.27. The molecule has 2 N–H and O–H groups in total. The minimum absolute atomic E-state index is 0.235. The van der Waals surface area contributed by atoms with Crippen molar-refractivity contribution in [3.05, 3.63) is 34.3 Å². The normalized spacial score (nSPS) is 27.8. The summed E-state index contributed by atoms with van der Waals surface area (Å²) >= 11 is 3.39. The van der Waals surface area contributed by atoms with E-state index in [1.165, 1.54) is 5.56 Å². The summed E-state index contributed by atoms with van der Waals surface area (Å²) in [6, 6.07) is 8.15. The number of β-amino-alcohol motifs (C(OH)–C–C–N with tert-alkyl or cyclic N) is 1. The number of rotatable bonds is 1. The Morgan fingerprint density at radius 3 is 2.46 bits per heavy atom. The third kappa shape index (κ3) is 1.93. The Kier molecular flexibility index (Phi) is 2.67. The molecule has 1 aliphatic rings. The van der Waals surface area contributed by atoms with Crippen molar-refractivity contribution in [2.45, 2.75) is 12.0 Å². The predicted molar refractivity (Wildman–Crippen MR) is 55.8 cm³/mol. The van der Waals surface area contributed by atoms with Gasteiger partial charge in [0.1, 0.15) is 0 Å². The molecule has 2 rings (SSSR count). The summed E-state index contributed by atoms with van der Waals surface area (Å²) in [7, 11) is 0. The number of aliphatic hydroxyl groups is 1. The second kappa shape index (κ2) is 3.78. The fourth-order valence-corrected chi connectivity index (χ4v) is 1.98. The molecule has 0 amide bonds. The van der Waals surface area contributed by atoms with E-state index in [2.05, 4.69) is 33.4 Å². The van der Waals surface area contributed by atoms with Gasteiger partial charge in [0.15, 0.2) is 0 Å². The predicted octanol–water partition coefficient (Wildman–Crippen LogP) is 1.50. The van der Waals surface area contributed by atoms with E-state index in [1.54, 1.807) is 0 Å². The Morgan fingerprint density at radius 1 is 1.23 bits per heavy atom. The minimum atomic E-state index is -0.235. The molecule has 0 aromatic heterocycles. The van der Waals surface area contributed by atoms with E-state index in [4.69, 9.17) is 0 Å². The standard InChI is InChI=1S/C10H12BrNO/c11-8-3-1-7(2-4-8)9-5-12-6-10(9)13/h1-4,9-10,12-13H,5-6H2. The molecule has 1 saturated heterocycles. The van der Waals surface area contributed by atoms with Gasteiger partial charge in [0.05, 0.1) is 6.10 Å². The number of benzene rings is 1. The van der Waals surface area contributed by atoms with Crippen LogP contribution in [0.2, 0.25) is 0 Å². The molecule has 0 saturated carbocycles. The van der Waals surface area contributed by atoms with Crippen molar-refractivity contribution in [2.75, 3.05) is 13.1 Å². The van der Waals surface area contributed by atoms with E-state index in [0.717, 1.165) is 11.0 Å². The molecule has 1 aliphatic heterocycles. The Bertz CT molecular complexity index is 285. The largest absolute Gasteiger partial charge is 0.391 e. The van der Waals surface area contributed by atoms with Crippen molar-refractivity contribution in [3.8, 4) is 0 Å². The Labute approximate surface area is 86.1 Å². The second-order valence-corrected chi connectivity index (χ2v) is 4.30. The zero-order valence-electron chi connectivity index (χ0n) is 7.20. The average molecular weight is 242 g/mol. The highest BCUT2D eigenvalue weighted by Gasteiger charge is 2.25. The zero-order chi connectivity index (χ0) is 9.26. The molecule has 0 spiro atoms. The lowest BCUT2D eigenvalue weighted by atomic mass is 9.96. The summed E-state index contributed by atoms with van der Waals surface area (Å²) < 4.78 is 1.08. The molecule has 1 fully saturated rings. The van der Waals surface area contributed by atoms with Gasteiger partial charge in [0, 0.05) is 23.5 Å². The SMILES string of the molecule is OC1CNCC1c1ccc(Br)cc1. The molecule has 2 atom stereocenters. The molecule has 0 bridgehead atoms. The average Bonchev–Trinajstić information content (AvgIpc) is 2.53. The van der Waals surface area contributed by atoms with Gasteiger partial charge in [0.2, 0.25) is 0 Å². The number of hydrogen-bond donors (Lipinski definition) is 2. The van der Waals surface area contributed by atoms with Crippen LogP contribution >= 0.6 is 15.9 Å². The van der Waals surface area contributed by atoms with Crippen LogP contribution in [0.4, 0.5) is 0 Å². The minimum Gasteiger partial charge on any atom is -0.391 e. The van der Waals surface area contributed by atoms with Crippen molar-refractivity contribution in [2.24, 2.45) is 0 Å². The van der Waals surface area contributed by atoms with Crippen molar-refractivity contribution >= 4 is 15.9 Å². The summed E-state index contributed by atoms with van der Waals surface area (Å²) in [6.07, 6.45) is -0.235. The topological polar surface area (TPSA) is 32.3 Å². The maximum atomic E-state index is 9.64. The smallest absolute Gasteiger partial charge is 0.0745 e. The van der Waals surface area contributed by atoms with E-state index in [9.17, 15) is 5.11 Å².